The number of hydrogen-bond acceptors (Lipinski definition) is 2. The molecule has 0 unspecified atom stereocenters. The van der Waals surface area contributed by atoms with E-state index in [1.54, 1.807) is 12.1 Å². The van der Waals surface area contributed by atoms with E-state index >= 15 is 0 Å². The van der Waals surface area contributed by atoms with Gasteiger partial charge in [0.05, 0.1) is 0 Å². The predicted molar refractivity (Wildman–Crippen MR) is 72.1 cm³/mol. The van der Waals surface area contributed by atoms with Crippen LogP contribution in [0.5, 0.6) is 5.75 Å². The fourth-order valence-electron chi connectivity index (χ4n) is 2.00. The molecule has 2 aromatic carbocycles. The van der Waals surface area contributed by atoms with Crippen molar-refractivity contribution in [2.24, 2.45) is 0 Å². The molecule has 0 aromatic heterocycles. The predicted octanol–water partition coefficient (Wildman–Crippen LogP) is 3.43. The average Bonchev–Trinajstić information content (AvgIpc) is 2.36. The van der Waals surface area contributed by atoms with Crippen molar-refractivity contribution in [3.63, 3.8) is 0 Å². The van der Waals surface area contributed by atoms with E-state index in [9.17, 15) is 9.90 Å². The minimum Gasteiger partial charge on any atom is -0.507 e. The third-order valence-corrected chi connectivity index (χ3v) is 3.02. The number of carbonyl (C=O) groups is 1. The molecule has 0 saturated carbocycles. The third kappa shape index (κ3) is 2.59. The fraction of sp³-hybridized carbons (Fsp3) is 0.188. The number of phenols is 1. The molecule has 2 nitrogen and oxygen atoms in total. The first kappa shape index (κ1) is 12.4. The Kier molecular flexibility index (Phi) is 3.47. The molecule has 0 fully saturated rings. The van der Waals surface area contributed by atoms with Gasteiger partial charge in [-0.25, -0.2) is 0 Å². The molecular formula is C16H16O2. The van der Waals surface area contributed by atoms with Gasteiger partial charge in [-0.3, -0.25) is 4.79 Å². The van der Waals surface area contributed by atoms with E-state index in [-0.39, 0.29) is 11.5 Å². The molecule has 0 radical (unpaired) electrons. The average molecular weight is 240 g/mol. The number of ketones is 1. The zero-order valence-electron chi connectivity index (χ0n) is 10.6. The monoisotopic (exact) mass is 240 g/mol. The molecule has 0 amide bonds. The largest absolute Gasteiger partial charge is 0.507 e. The van der Waals surface area contributed by atoms with E-state index in [0.717, 1.165) is 16.7 Å². The van der Waals surface area contributed by atoms with Crippen molar-refractivity contribution in [1.29, 1.82) is 0 Å². The van der Waals surface area contributed by atoms with Gasteiger partial charge in [-0.05, 0) is 42.7 Å². The standard InChI is InChI=1S/C16H16O2/c1-11-8-14(9-12(2)16(11)18)15(17)10-13-6-4-3-5-7-13/h3-9,18H,10H2,1-2H3. The number of Topliss-reactive ketones (excluding diaryl/α,β-unsaturated/α-hetero) is 1. The summed E-state index contributed by atoms with van der Waals surface area (Å²) in [5.41, 5.74) is 3.15. The molecule has 0 aliphatic carbocycles. The van der Waals surface area contributed by atoms with Crippen LogP contribution in [-0.4, -0.2) is 10.9 Å². The molecule has 2 heteroatoms. The Morgan fingerprint density at radius 2 is 1.61 bits per heavy atom. The number of rotatable bonds is 3. The summed E-state index contributed by atoms with van der Waals surface area (Å²) >= 11 is 0. The van der Waals surface area contributed by atoms with E-state index in [2.05, 4.69) is 0 Å². The van der Waals surface area contributed by atoms with Crippen molar-refractivity contribution < 1.29 is 9.90 Å². The molecular weight excluding hydrogens is 224 g/mol. The van der Waals surface area contributed by atoms with Crippen molar-refractivity contribution >= 4 is 5.78 Å². The van der Waals surface area contributed by atoms with Crippen LogP contribution in [0.3, 0.4) is 0 Å². The normalized spacial score (nSPS) is 10.3. The van der Waals surface area contributed by atoms with Crippen LogP contribution in [0.25, 0.3) is 0 Å². The Morgan fingerprint density at radius 3 is 2.17 bits per heavy atom. The Balaban J connectivity index is 2.25. The van der Waals surface area contributed by atoms with Crippen molar-refractivity contribution in [2.45, 2.75) is 20.3 Å². The Morgan fingerprint density at radius 1 is 1.06 bits per heavy atom. The molecule has 0 aliphatic heterocycles. The molecule has 92 valence electrons. The van der Waals surface area contributed by atoms with Gasteiger partial charge in [0.2, 0.25) is 0 Å². The van der Waals surface area contributed by atoms with E-state index in [1.807, 2.05) is 44.2 Å². The summed E-state index contributed by atoms with van der Waals surface area (Å²) in [5, 5.41) is 9.69. The number of aromatic hydroxyl groups is 1. The summed E-state index contributed by atoms with van der Waals surface area (Å²) in [6.07, 6.45) is 0.393. The lowest BCUT2D eigenvalue weighted by atomic mass is 9.99. The summed E-state index contributed by atoms with van der Waals surface area (Å²) < 4.78 is 0. The maximum Gasteiger partial charge on any atom is 0.167 e. The molecule has 1 N–H and O–H groups in total. The van der Waals surface area contributed by atoms with Crippen LogP contribution in [0, 0.1) is 13.8 Å². The summed E-state index contributed by atoms with van der Waals surface area (Å²) in [4.78, 5) is 12.1. The third-order valence-electron chi connectivity index (χ3n) is 3.02. The van der Waals surface area contributed by atoms with E-state index in [1.165, 1.54) is 0 Å². The highest BCUT2D eigenvalue weighted by atomic mass is 16.3. The number of benzene rings is 2. The second-order valence-corrected chi connectivity index (χ2v) is 4.54. The maximum atomic E-state index is 12.1. The van der Waals surface area contributed by atoms with Crippen molar-refractivity contribution in [3.05, 3.63) is 64.7 Å². The molecule has 0 heterocycles. The smallest absolute Gasteiger partial charge is 0.167 e. The first-order valence-electron chi connectivity index (χ1n) is 5.95. The molecule has 2 aromatic rings. The second kappa shape index (κ2) is 5.05. The number of hydrogen-bond donors (Lipinski definition) is 1. The van der Waals surface area contributed by atoms with Crippen LogP contribution in [0.15, 0.2) is 42.5 Å². The topological polar surface area (TPSA) is 37.3 Å². The molecule has 0 spiro atoms. The van der Waals surface area contributed by atoms with E-state index in [0.29, 0.717) is 12.0 Å². The minimum atomic E-state index is 0.0763. The SMILES string of the molecule is Cc1cc(C(=O)Cc2ccccc2)cc(C)c1O. The Labute approximate surface area is 107 Å². The van der Waals surface area contributed by atoms with Gasteiger partial charge in [0.25, 0.3) is 0 Å². The van der Waals surface area contributed by atoms with Gasteiger partial charge >= 0.3 is 0 Å². The zero-order chi connectivity index (χ0) is 13.1. The second-order valence-electron chi connectivity index (χ2n) is 4.54. The number of carbonyl (C=O) groups excluding carboxylic acids is 1. The van der Waals surface area contributed by atoms with Gasteiger partial charge in [-0.1, -0.05) is 30.3 Å². The van der Waals surface area contributed by atoms with Crippen LogP contribution in [0.2, 0.25) is 0 Å². The lowest BCUT2D eigenvalue weighted by Gasteiger charge is -2.07. The highest BCUT2D eigenvalue weighted by Crippen LogP contribution is 2.23. The summed E-state index contributed by atoms with van der Waals surface area (Å²) in [7, 11) is 0. The van der Waals surface area contributed by atoms with Crippen LogP contribution < -0.4 is 0 Å². The minimum absolute atomic E-state index is 0.0763. The highest BCUT2D eigenvalue weighted by Gasteiger charge is 2.10. The van der Waals surface area contributed by atoms with Gasteiger partial charge in [-0.2, -0.15) is 0 Å². The Hall–Kier alpha value is -2.09. The van der Waals surface area contributed by atoms with E-state index < -0.39 is 0 Å². The van der Waals surface area contributed by atoms with Crippen LogP contribution in [0.4, 0.5) is 0 Å². The maximum absolute atomic E-state index is 12.1. The first-order chi connectivity index (χ1) is 8.58. The summed E-state index contributed by atoms with van der Waals surface area (Å²) in [6.45, 7) is 3.61. The highest BCUT2D eigenvalue weighted by molar-refractivity contribution is 5.98. The lowest BCUT2D eigenvalue weighted by molar-refractivity contribution is 0.0993. The van der Waals surface area contributed by atoms with Crippen molar-refractivity contribution in [2.75, 3.05) is 0 Å². The fourth-order valence-corrected chi connectivity index (χ4v) is 2.00. The first-order valence-corrected chi connectivity index (χ1v) is 5.95. The molecule has 0 atom stereocenters. The molecule has 0 bridgehead atoms. The van der Waals surface area contributed by atoms with Crippen LogP contribution in [0.1, 0.15) is 27.0 Å². The number of phenolic OH excluding ortho intramolecular Hbond substituents is 1. The zero-order valence-corrected chi connectivity index (χ0v) is 10.6. The van der Waals surface area contributed by atoms with Gasteiger partial charge in [0.15, 0.2) is 5.78 Å². The molecule has 18 heavy (non-hydrogen) atoms. The molecule has 2 rings (SSSR count). The van der Waals surface area contributed by atoms with Crippen LogP contribution in [-0.2, 0) is 6.42 Å². The quantitative estimate of drug-likeness (QED) is 0.834. The lowest BCUT2D eigenvalue weighted by Crippen LogP contribution is -2.04. The summed E-state index contributed by atoms with van der Waals surface area (Å²) in [6, 6.07) is 13.2. The van der Waals surface area contributed by atoms with Gasteiger partial charge in [0, 0.05) is 12.0 Å². The number of aryl methyl sites for hydroxylation is 2. The van der Waals surface area contributed by atoms with Crippen molar-refractivity contribution in [1.82, 2.24) is 0 Å². The van der Waals surface area contributed by atoms with Gasteiger partial charge in [-0.15, -0.1) is 0 Å². The van der Waals surface area contributed by atoms with Gasteiger partial charge < -0.3 is 5.11 Å². The molecule has 0 aliphatic rings. The van der Waals surface area contributed by atoms with Crippen LogP contribution >= 0.6 is 0 Å². The van der Waals surface area contributed by atoms with Crippen molar-refractivity contribution in [3.8, 4) is 5.75 Å². The molecule has 0 saturated heterocycles. The van der Waals surface area contributed by atoms with Gasteiger partial charge in [0.1, 0.15) is 5.75 Å². The Bertz CT molecular complexity index is 548. The van der Waals surface area contributed by atoms with E-state index in [4.69, 9.17) is 0 Å². The summed E-state index contributed by atoms with van der Waals surface area (Å²) in [5.74, 6) is 0.346.